The number of hydrogen-bond acceptors (Lipinski definition) is 7. The van der Waals surface area contributed by atoms with Crippen molar-refractivity contribution in [1.29, 1.82) is 0 Å². The monoisotopic (exact) mass is 520 g/mol. The molecule has 202 valence electrons. The van der Waals surface area contributed by atoms with Gasteiger partial charge in [-0.05, 0) is 62.2 Å². The van der Waals surface area contributed by atoms with Crippen LogP contribution in [0.3, 0.4) is 0 Å². The van der Waals surface area contributed by atoms with Crippen LogP contribution in [0, 0.1) is 0 Å². The SMILES string of the molecule is C=CCOc1cccc([C@@H]2/C(=C(\O)c3ccc(OC(C)C)cc3)C(=O)C(=O)N2CCCN2CCOCC2)c1. The van der Waals surface area contributed by atoms with E-state index in [1.54, 1.807) is 35.2 Å². The first-order chi connectivity index (χ1) is 18.4. The first-order valence-corrected chi connectivity index (χ1v) is 13.1. The van der Waals surface area contributed by atoms with Gasteiger partial charge in [-0.1, -0.05) is 24.8 Å². The van der Waals surface area contributed by atoms with Crippen molar-refractivity contribution in [2.24, 2.45) is 0 Å². The Labute approximate surface area is 224 Å². The van der Waals surface area contributed by atoms with Gasteiger partial charge in [0.2, 0.25) is 0 Å². The van der Waals surface area contributed by atoms with Crippen LogP contribution in [-0.4, -0.2) is 78.7 Å². The second kappa shape index (κ2) is 12.8. The normalized spacial score (nSPS) is 19.7. The van der Waals surface area contributed by atoms with Crippen LogP contribution in [0.4, 0.5) is 0 Å². The molecule has 0 spiro atoms. The molecule has 0 aliphatic carbocycles. The van der Waals surface area contributed by atoms with Crippen LogP contribution in [-0.2, 0) is 14.3 Å². The second-order valence-corrected chi connectivity index (χ2v) is 9.66. The van der Waals surface area contributed by atoms with Gasteiger partial charge in [0.25, 0.3) is 11.7 Å². The molecule has 2 aliphatic rings. The van der Waals surface area contributed by atoms with E-state index in [0.717, 1.165) is 19.6 Å². The molecule has 2 fully saturated rings. The van der Waals surface area contributed by atoms with Crippen LogP contribution in [0.15, 0.2) is 66.8 Å². The van der Waals surface area contributed by atoms with Crippen LogP contribution in [0.2, 0.25) is 0 Å². The largest absolute Gasteiger partial charge is 0.507 e. The molecule has 1 atom stereocenters. The average molecular weight is 521 g/mol. The smallest absolute Gasteiger partial charge is 0.295 e. The number of carbonyl (C=O) groups excluding carboxylic acids is 2. The van der Waals surface area contributed by atoms with E-state index in [1.807, 2.05) is 38.1 Å². The van der Waals surface area contributed by atoms with Crippen molar-refractivity contribution in [3.05, 3.63) is 77.9 Å². The summed E-state index contributed by atoms with van der Waals surface area (Å²) >= 11 is 0. The molecule has 0 aromatic heterocycles. The number of hydrogen-bond donors (Lipinski definition) is 1. The Kier molecular flexibility index (Phi) is 9.20. The molecule has 4 rings (SSSR count). The highest BCUT2D eigenvalue weighted by molar-refractivity contribution is 6.46. The lowest BCUT2D eigenvalue weighted by Crippen LogP contribution is -2.38. The Bertz CT molecular complexity index is 1170. The molecule has 1 N–H and O–H groups in total. The van der Waals surface area contributed by atoms with Gasteiger partial charge in [-0.25, -0.2) is 0 Å². The summed E-state index contributed by atoms with van der Waals surface area (Å²) < 4.78 is 16.8. The number of ketones is 1. The van der Waals surface area contributed by atoms with Crippen LogP contribution >= 0.6 is 0 Å². The van der Waals surface area contributed by atoms with Crippen molar-refractivity contribution in [3.63, 3.8) is 0 Å². The number of Topliss-reactive ketones (excluding diaryl/α,β-unsaturated/α-hetero) is 1. The van der Waals surface area contributed by atoms with Gasteiger partial charge in [0, 0.05) is 31.7 Å². The lowest BCUT2D eigenvalue weighted by atomic mass is 9.95. The Morgan fingerprint density at radius 3 is 2.53 bits per heavy atom. The van der Waals surface area contributed by atoms with Gasteiger partial charge in [-0.15, -0.1) is 0 Å². The molecule has 8 heteroatoms. The Morgan fingerprint density at radius 2 is 1.84 bits per heavy atom. The fourth-order valence-corrected chi connectivity index (χ4v) is 4.80. The zero-order chi connectivity index (χ0) is 27.1. The first-order valence-electron chi connectivity index (χ1n) is 13.1. The lowest BCUT2D eigenvalue weighted by Gasteiger charge is -2.29. The first kappa shape index (κ1) is 27.4. The van der Waals surface area contributed by atoms with Gasteiger partial charge in [-0.3, -0.25) is 14.5 Å². The maximum atomic E-state index is 13.3. The summed E-state index contributed by atoms with van der Waals surface area (Å²) in [5, 5.41) is 11.3. The van der Waals surface area contributed by atoms with Gasteiger partial charge in [-0.2, -0.15) is 0 Å². The highest BCUT2D eigenvalue weighted by atomic mass is 16.5. The van der Waals surface area contributed by atoms with E-state index in [1.165, 1.54) is 0 Å². The zero-order valence-electron chi connectivity index (χ0n) is 22.1. The number of ether oxygens (including phenoxy) is 3. The van der Waals surface area contributed by atoms with Gasteiger partial charge >= 0.3 is 0 Å². The fourth-order valence-electron chi connectivity index (χ4n) is 4.80. The Hall–Kier alpha value is -3.62. The number of carbonyl (C=O) groups is 2. The van der Waals surface area contributed by atoms with E-state index in [4.69, 9.17) is 14.2 Å². The number of morpholine rings is 1. The van der Waals surface area contributed by atoms with Crippen molar-refractivity contribution in [2.75, 3.05) is 46.0 Å². The number of benzene rings is 2. The minimum absolute atomic E-state index is 0.00724. The summed E-state index contributed by atoms with van der Waals surface area (Å²) in [6, 6.07) is 13.4. The summed E-state index contributed by atoms with van der Waals surface area (Å²) in [7, 11) is 0. The summed E-state index contributed by atoms with van der Waals surface area (Å²) in [6.07, 6.45) is 2.35. The van der Waals surface area contributed by atoms with Gasteiger partial charge in [0.15, 0.2) is 0 Å². The number of likely N-dealkylation sites (tertiary alicyclic amines) is 1. The van der Waals surface area contributed by atoms with Crippen molar-refractivity contribution in [1.82, 2.24) is 9.80 Å². The molecule has 0 saturated carbocycles. The van der Waals surface area contributed by atoms with Gasteiger partial charge in [0.05, 0.1) is 30.9 Å². The van der Waals surface area contributed by atoms with Crippen LogP contribution in [0.1, 0.15) is 37.4 Å². The fraction of sp³-hybridized carbons (Fsp3) is 0.400. The molecule has 2 aromatic carbocycles. The third kappa shape index (κ3) is 6.44. The van der Waals surface area contributed by atoms with Crippen molar-refractivity contribution in [3.8, 4) is 11.5 Å². The van der Waals surface area contributed by atoms with Crippen molar-refractivity contribution >= 4 is 17.4 Å². The zero-order valence-corrected chi connectivity index (χ0v) is 22.1. The predicted octanol–water partition coefficient (Wildman–Crippen LogP) is 4.18. The molecule has 2 aliphatic heterocycles. The molecule has 0 radical (unpaired) electrons. The van der Waals surface area contributed by atoms with E-state index >= 15 is 0 Å². The molecule has 8 nitrogen and oxygen atoms in total. The molecular weight excluding hydrogens is 484 g/mol. The van der Waals surface area contributed by atoms with Gasteiger partial charge in [0.1, 0.15) is 23.9 Å². The van der Waals surface area contributed by atoms with E-state index in [2.05, 4.69) is 11.5 Å². The van der Waals surface area contributed by atoms with E-state index in [-0.39, 0.29) is 17.4 Å². The summed E-state index contributed by atoms with van der Waals surface area (Å²) in [5.41, 5.74) is 1.20. The number of amides is 1. The average Bonchev–Trinajstić information content (AvgIpc) is 3.17. The molecule has 1 amide bonds. The van der Waals surface area contributed by atoms with Crippen molar-refractivity contribution in [2.45, 2.75) is 32.4 Å². The second-order valence-electron chi connectivity index (χ2n) is 9.66. The third-order valence-corrected chi connectivity index (χ3v) is 6.56. The maximum Gasteiger partial charge on any atom is 0.295 e. The Morgan fingerprint density at radius 1 is 1.11 bits per heavy atom. The molecule has 2 aromatic rings. The highest BCUT2D eigenvalue weighted by Gasteiger charge is 2.46. The Balaban J connectivity index is 1.67. The topological polar surface area (TPSA) is 88.5 Å². The molecule has 2 saturated heterocycles. The minimum atomic E-state index is -0.737. The quantitative estimate of drug-likeness (QED) is 0.206. The standard InChI is InChI=1S/C30H36N2O6/c1-4-17-37-25-8-5-7-23(20-25)27-26(28(33)22-9-11-24(12-10-22)38-21(2)3)29(34)30(35)32(27)14-6-13-31-15-18-36-19-16-31/h4-5,7-12,20-21,27,33H,1,6,13-19H2,2-3H3/b28-26+/t27-/m1/s1. The van der Waals surface area contributed by atoms with E-state index in [0.29, 0.717) is 55.4 Å². The summed E-state index contributed by atoms with van der Waals surface area (Å²) in [5.74, 6) is -0.271. The molecule has 2 heterocycles. The highest BCUT2D eigenvalue weighted by Crippen LogP contribution is 2.40. The van der Waals surface area contributed by atoms with Crippen LogP contribution in [0.5, 0.6) is 11.5 Å². The third-order valence-electron chi connectivity index (χ3n) is 6.56. The summed E-state index contributed by atoms with van der Waals surface area (Å²) in [6.45, 7) is 12.1. The number of aliphatic hydroxyl groups is 1. The van der Waals surface area contributed by atoms with Crippen LogP contribution < -0.4 is 9.47 Å². The number of rotatable bonds is 11. The number of aliphatic hydroxyl groups excluding tert-OH is 1. The molecule has 0 unspecified atom stereocenters. The van der Waals surface area contributed by atoms with Crippen LogP contribution in [0.25, 0.3) is 5.76 Å². The predicted molar refractivity (Wildman–Crippen MR) is 145 cm³/mol. The maximum absolute atomic E-state index is 13.3. The molecule has 38 heavy (non-hydrogen) atoms. The van der Waals surface area contributed by atoms with Gasteiger partial charge < -0.3 is 24.2 Å². The van der Waals surface area contributed by atoms with Crippen molar-refractivity contribution < 1.29 is 28.9 Å². The van der Waals surface area contributed by atoms with E-state index in [9.17, 15) is 14.7 Å². The lowest BCUT2D eigenvalue weighted by molar-refractivity contribution is -0.140. The van der Waals surface area contributed by atoms with E-state index < -0.39 is 17.7 Å². The minimum Gasteiger partial charge on any atom is -0.507 e. The number of nitrogens with zero attached hydrogens (tertiary/aromatic N) is 2. The molecule has 0 bridgehead atoms. The summed E-state index contributed by atoms with van der Waals surface area (Å²) in [4.78, 5) is 30.5. The molecular formula is C30H36N2O6.